The molecule has 0 atom stereocenters. The monoisotopic (exact) mass is 210 g/mol. The highest BCUT2D eigenvalue weighted by Crippen LogP contribution is 2.34. The van der Waals surface area contributed by atoms with E-state index in [4.69, 9.17) is 0 Å². The fourth-order valence-electron chi connectivity index (χ4n) is 1.76. The zero-order valence-corrected chi connectivity index (χ0v) is 9.05. The molecule has 72 valence electrons. The Kier molecular flexibility index (Phi) is 2.26. The minimum absolute atomic E-state index is 1.04. The van der Waals surface area contributed by atoms with E-state index in [-0.39, 0.29) is 0 Å². The van der Waals surface area contributed by atoms with Crippen LogP contribution in [-0.2, 0) is 5.75 Å². The van der Waals surface area contributed by atoms with Gasteiger partial charge in [-0.15, -0.1) is 11.8 Å². The lowest BCUT2D eigenvalue weighted by atomic mass is 10.0. The van der Waals surface area contributed by atoms with E-state index in [0.29, 0.717) is 0 Å². The molecule has 1 heteroatoms. The zero-order chi connectivity index (χ0) is 10.1. The van der Waals surface area contributed by atoms with Gasteiger partial charge in [0.05, 0.1) is 6.42 Å². The number of benzene rings is 2. The van der Waals surface area contributed by atoms with Crippen molar-refractivity contribution >= 4 is 11.8 Å². The highest BCUT2D eigenvalue weighted by molar-refractivity contribution is 7.98. The van der Waals surface area contributed by atoms with E-state index in [1.807, 2.05) is 11.8 Å². The van der Waals surface area contributed by atoms with Crippen LogP contribution in [0.15, 0.2) is 53.4 Å². The molecule has 0 saturated carbocycles. The van der Waals surface area contributed by atoms with Crippen molar-refractivity contribution in [2.24, 2.45) is 0 Å². The van der Waals surface area contributed by atoms with Crippen molar-refractivity contribution in [2.45, 2.75) is 10.6 Å². The summed E-state index contributed by atoms with van der Waals surface area (Å²) in [6, 6.07) is 16.9. The summed E-state index contributed by atoms with van der Waals surface area (Å²) in [6.07, 6.45) is 3.48. The van der Waals surface area contributed by atoms with Crippen LogP contribution in [0.5, 0.6) is 0 Å². The van der Waals surface area contributed by atoms with Gasteiger partial charge in [0.25, 0.3) is 0 Å². The molecular formula is C14H10S. The first-order chi connectivity index (χ1) is 7.43. The maximum absolute atomic E-state index is 3.48. The quantitative estimate of drug-likeness (QED) is 0.638. The molecule has 1 heterocycles. The van der Waals surface area contributed by atoms with Crippen LogP contribution in [0.1, 0.15) is 16.7 Å². The molecule has 1 aliphatic rings. The predicted molar refractivity (Wildman–Crippen MR) is 63.9 cm³/mol. The number of hydrogen-bond acceptors (Lipinski definition) is 1. The van der Waals surface area contributed by atoms with Crippen molar-refractivity contribution < 1.29 is 0 Å². The number of fused-ring (bicyclic) bond motifs is 2. The summed E-state index contributed by atoms with van der Waals surface area (Å²) in [6.45, 7) is 0. The van der Waals surface area contributed by atoms with Gasteiger partial charge in [-0.1, -0.05) is 42.5 Å². The first-order valence-electron chi connectivity index (χ1n) is 5.00. The van der Waals surface area contributed by atoms with E-state index in [2.05, 4.69) is 55.0 Å². The molecule has 0 unspecified atom stereocenters. The van der Waals surface area contributed by atoms with Gasteiger partial charge in [0.1, 0.15) is 0 Å². The molecule has 0 N–H and O–H groups in total. The summed E-state index contributed by atoms with van der Waals surface area (Å²) in [5, 5.41) is 0. The molecule has 2 aromatic carbocycles. The molecule has 0 amide bonds. The third-order valence-corrected chi connectivity index (χ3v) is 3.68. The Bertz CT molecular complexity index is 443. The van der Waals surface area contributed by atoms with Crippen molar-refractivity contribution in [3.8, 4) is 0 Å². The summed E-state index contributed by atoms with van der Waals surface area (Å²) < 4.78 is 0. The van der Waals surface area contributed by atoms with E-state index in [1.54, 1.807) is 0 Å². The summed E-state index contributed by atoms with van der Waals surface area (Å²) in [7, 11) is 0. The van der Waals surface area contributed by atoms with Gasteiger partial charge >= 0.3 is 0 Å². The van der Waals surface area contributed by atoms with Crippen molar-refractivity contribution in [1.82, 2.24) is 0 Å². The smallest absolute Gasteiger partial charge is 0.0516 e. The van der Waals surface area contributed by atoms with Crippen LogP contribution >= 0.6 is 11.8 Å². The highest BCUT2D eigenvalue weighted by atomic mass is 32.2. The molecule has 0 spiro atoms. The second kappa shape index (κ2) is 3.74. The lowest BCUT2D eigenvalue weighted by Crippen LogP contribution is -1.88. The number of hydrogen-bond donors (Lipinski definition) is 0. The lowest BCUT2D eigenvalue weighted by molar-refractivity contribution is 1.31. The lowest BCUT2D eigenvalue weighted by Gasteiger charge is -2.02. The standard InChI is InChI=1S/C14H10S/c1-2-7-13-10-15-14-8-4-3-6-12(14)9-11(13)5-1/h1-8H,10H2. The van der Waals surface area contributed by atoms with Crippen LogP contribution in [0, 0.1) is 6.42 Å². The second-order valence-corrected chi connectivity index (χ2v) is 4.58. The average molecular weight is 210 g/mol. The Balaban J connectivity index is 2.10. The minimum Gasteiger partial charge on any atom is -0.121 e. The third kappa shape index (κ3) is 1.68. The van der Waals surface area contributed by atoms with Crippen LogP contribution in [0.25, 0.3) is 0 Å². The van der Waals surface area contributed by atoms with Gasteiger partial charge in [-0.3, -0.25) is 0 Å². The summed E-state index contributed by atoms with van der Waals surface area (Å²) in [4.78, 5) is 1.33. The Morgan fingerprint density at radius 1 is 0.867 bits per heavy atom. The minimum atomic E-state index is 1.04. The summed E-state index contributed by atoms with van der Waals surface area (Å²) in [5.74, 6) is 1.04. The normalized spacial score (nSPS) is 13.9. The molecule has 0 aliphatic carbocycles. The molecule has 3 rings (SSSR count). The van der Waals surface area contributed by atoms with Gasteiger partial charge < -0.3 is 0 Å². The number of thioether (sulfide) groups is 1. The van der Waals surface area contributed by atoms with Gasteiger partial charge in [0, 0.05) is 10.6 Å². The molecule has 2 radical (unpaired) electrons. The van der Waals surface area contributed by atoms with Gasteiger partial charge in [-0.05, 0) is 22.8 Å². The van der Waals surface area contributed by atoms with Gasteiger partial charge in [-0.2, -0.15) is 0 Å². The van der Waals surface area contributed by atoms with E-state index in [9.17, 15) is 0 Å². The van der Waals surface area contributed by atoms with Crippen LogP contribution < -0.4 is 0 Å². The third-order valence-electron chi connectivity index (χ3n) is 2.56. The fourth-order valence-corrected chi connectivity index (χ4v) is 2.78. The first-order valence-corrected chi connectivity index (χ1v) is 5.99. The van der Waals surface area contributed by atoms with E-state index >= 15 is 0 Å². The SMILES string of the molecule is [C]1c2ccccc2CSc2ccccc21. The largest absolute Gasteiger partial charge is 0.121 e. The van der Waals surface area contributed by atoms with E-state index in [1.165, 1.54) is 21.6 Å². The van der Waals surface area contributed by atoms with Crippen molar-refractivity contribution in [3.63, 3.8) is 0 Å². The Hall–Kier alpha value is -1.21. The molecule has 2 aromatic rings. The molecule has 15 heavy (non-hydrogen) atoms. The van der Waals surface area contributed by atoms with Crippen LogP contribution in [0.4, 0.5) is 0 Å². The number of rotatable bonds is 0. The highest BCUT2D eigenvalue weighted by Gasteiger charge is 2.12. The van der Waals surface area contributed by atoms with Crippen molar-refractivity contribution in [3.05, 3.63) is 71.6 Å². The summed E-state index contributed by atoms with van der Waals surface area (Å²) >= 11 is 1.89. The molecule has 0 bridgehead atoms. The Morgan fingerprint density at radius 2 is 1.60 bits per heavy atom. The van der Waals surface area contributed by atoms with Gasteiger partial charge in [-0.25, -0.2) is 0 Å². The molecule has 0 saturated heterocycles. The van der Waals surface area contributed by atoms with Crippen LogP contribution in [-0.4, -0.2) is 0 Å². The fraction of sp³-hybridized carbons (Fsp3) is 0.0714. The zero-order valence-electron chi connectivity index (χ0n) is 8.23. The van der Waals surface area contributed by atoms with Gasteiger partial charge in [0.2, 0.25) is 0 Å². The van der Waals surface area contributed by atoms with Crippen molar-refractivity contribution in [1.29, 1.82) is 0 Å². The van der Waals surface area contributed by atoms with Crippen molar-refractivity contribution in [2.75, 3.05) is 0 Å². The van der Waals surface area contributed by atoms with Crippen LogP contribution in [0.3, 0.4) is 0 Å². The van der Waals surface area contributed by atoms with E-state index in [0.717, 1.165) is 5.75 Å². The molecule has 0 fully saturated rings. The molecule has 0 aromatic heterocycles. The Labute approximate surface area is 94.3 Å². The topological polar surface area (TPSA) is 0 Å². The molecule has 1 aliphatic heterocycles. The van der Waals surface area contributed by atoms with Crippen LogP contribution in [0.2, 0.25) is 0 Å². The maximum atomic E-state index is 3.48. The summed E-state index contributed by atoms with van der Waals surface area (Å²) in [5.41, 5.74) is 3.82. The maximum Gasteiger partial charge on any atom is 0.0516 e. The molecule has 0 nitrogen and oxygen atoms in total. The Morgan fingerprint density at radius 3 is 2.53 bits per heavy atom. The first kappa shape index (κ1) is 9.05. The second-order valence-electron chi connectivity index (χ2n) is 3.57. The average Bonchev–Trinajstić information content (AvgIpc) is 2.48. The molecular weight excluding hydrogens is 200 g/mol. The predicted octanol–water partition coefficient (Wildman–Crippen LogP) is 3.77. The van der Waals surface area contributed by atoms with E-state index < -0.39 is 0 Å². The van der Waals surface area contributed by atoms with Gasteiger partial charge in [0.15, 0.2) is 0 Å².